The molecular weight excluding hydrogens is 447 g/mol. The van der Waals surface area contributed by atoms with E-state index in [1.807, 2.05) is 0 Å². The van der Waals surface area contributed by atoms with Crippen molar-refractivity contribution in [2.75, 3.05) is 18.4 Å². The monoisotopic (exact) mass is 467 g/mol. The molecule has 2 N–H and O–H groups in total. The normalized spacial score (nSPS) is 18.4. The predicted octanol–water partition coefficient (Wildman–Crippen LogP) is 3.07. The summed E-state index contributed by atoms with van der Waals surface area (Å²) in [4.78, 5) is 4.15. The number of aliphatic hydroxyl groups is 1. The Hall–Kier alpha value is -2.70. The number of nitrogens with one attached hydrogen (secondary N) is 1. The molecule has 1 aromatic carbocycles. The molecule has 2 aliphatic rings. The Morgan fingerprint density at radius 2 is 1.69 bits per heavy atom. The highest BCUT2D eigenvalue weighted by molar-refractivity contribution is 7.89. The highest BCUT2D eigenvalue weighted by atomic mass is 32.2. The molecule has 0 spiro atoms. The molecule has 0 amide bonds. The van der Waals surface area contributed by atoms with E-state index in [2.05, 4.69) is 15.4 Å². The molecule has 32 heavy (non-hydrogen) atoms. The van der Waals surface area contributed by atoms with Crippen molar-refractivity contribution in [3.8, 4) is 0 Å². The van der Waals surface area contributed by atoms with E-state index in [9.17, 15) is 26.7 Å². The maximum absolute atomic E-state index is 13.7. The van der Waals surface area contributed by atoms with E-state index in [-0.39, 0.29) is 35.7 Å². The molecule has 0 bridgehead atoms. The summed E-state index contributed by atoms with van der Waals surface area (Å²) >= 11 is 0. The number of hydrogen-bond acceptors (Lipinski definition) is 6. The average Bonchev–Trinajstić information content (AvgIpc) is 3.55. The van der Waals surface area contributed by atoms with Crippen LogP contribution in [0.25, 0.3) is 10.9 Å². The third-order valence-electron chi connectivity index (χ3n) is 5.73. The van der Waals surface area contributed by atoms with Crippen molar-refractivity contribution >= 4 is 32.4 Å². The van der Waals surface area contributed by atoms with E-state index in [1.54, 1.807) is 4.68 Å². The van der Waals surface area contributed by atoms with Gasteiger partial charge in [0.1, 0.15) is 0 Å². The molecule has 1 aliphatic heterocycles. The molecule has 3 heterocycles. The lowest BCUT2D eigenvalue weighted by Crippen LogP contribution is -2.40. The van der Waals surface area contributed by atoms with Gasteiger partial charge in [-0.3, -0.25) is 4.68 Å². The van der Waals surface area contributed by atoms with E-state index in [4.69, 9.17) is 0 Å². The molecule has 8 nitrogen and oxygen atoms in total. The highest BCUT2D eigenvalue weighted by Gasteiger charge is 2.32. The largest absolute Gasteiger partial charge is 0.393 e. The number of aromatic nitrogens is 3. The van der Waals surface area contributed by atoms with Crippen LogP contribution in [0.1, 0.15) is 31.7 Å². The number of anilines is 2. The zero-order valence-electron chi connectivity index (χ0n) is 16.8. The number of hydrogen-bond donors (Lipinski definition) is 2. The van der Waals surface area contributed by atoms with E-state index < -0.39 is 33.6 Å². The SMILES string of the molecule is O=S(=O)(c1cc2c(Nc3cc(F)c(F)c(F)c3)nn(C3CC3)c2cn1)N1CCC(O)CC1. The summed E-state index contributed by atoms with van der Waals surface area (Å²) in [5.74, 6) is -4.09. The lowest BCUT2D eigenvalue weighted by Gasteiger charge is -2.28. The van der Waals surface area contributed by atoms with Crippen molar-refractivity contribution in [1.29, 1.82) is 0 Å². The molecule has 0 radical (unpaired) electrons. The van der Waals surface area contributed by atoms with Gasteiger partial charge in [0, 0.05) is 36.3 Å². The summed E-state index contributed by atoms with van der Waals surface area (Å²) in [5.41, 5.74) is 0.515. The molecule has 5 rings (SSSR count). The minimum atomic E-state index is -3.90. The van der Waals surface area contributed by atoms with Crippen LogP contribution in [-0.2, 0) is 10.0 Å². The van der Waals surface area contributed by atoms with Gasteiger partial charge in [0.15, 0.2) is 28.3 Å². The molecule has 0 unspecified atom stereocenters. The Morgan fingerprint density at radius 3 is 2.31 bits per heavy atom. The number of halogens is 3. The van der Waals surface area contributed by atoms with Crippen molar-refractivity contribution < 1.29 is 26.7 Å². The van der Waals surface area contributed by atoms with E-state index in [0.717, 1.165) is 25.0 Å². The first-order valence-electron chi connectivity index (χ1n) is 10.2. The van der Waals surface area contributed by atoms with Crippen molar-refractivity contribution in [3.05, 3.63) is 41.8 Å². The fraction of sp³-hybridized carbons (Fsp3) is 0.400. The molecule has 2 fully saturated rings. The average molecular weight is 467 g/mol. The minimum absolute atomic E-state index is 0.0602. The summed E-state index contributed by atoms with van der Waals surface area (Å²) in [5, 5.41) is 17.1. The maximum Gasteiger partial charge on any atom is 0.260 e. The van der Waals surface area contributed by atoms with E-state index in [1.165, 1.54) is 16.6 Å². The van der Waals surface area contributed by atoms with Gasteiger partial charge in [-0.1, -0.05) is 0 Å². The minimum Gasteiger partial charge on any atom is -0.393 e. The smallest absolute Gasteiger partial charge is 0.260 e. The number of nitrogens with zero attached hydrogens (tertiary/aromatic N) is 4. The number of pyridine rings is 1. The molecule has 3 aromatic rings. The molecule has 0 atom stereocenters. The van der Waals surface area contributed by atoms with E-state index in [0.29, 0.717) is 23.7 Å². The molecule has 2 aromatic heterocycles. The second-order valence-corrected chi connectivity index (χ2v) is 9.96. The number of fused-ring (bicyclic) bond motifs is 1. The van der Waals surface area contributed by atoms with Crippen LogP contribution < -0.4 is 5.32 Å². The van der Waals surface area contributed by atoms with Crippen molar-refractivity contribution in [2.24, 2.45) is 0 Å². The van der Waals surface area contributed by atoms with Gasteiger partial charge in [-0.2, -0.15) is 9.40 Å². The van der Waals surface area contributed by atoms with Crippen LogP contribution in [-0.4, -0.2) is 51.8 Å². The fourth-order valence-electron chi connectivity index (χ4n) is 3.83. The first-order valence-corrected chi connectivity index (χ1v) is 11.7. The number of aliphatic hydroxyl groups excluding tert-OH is 1. The molecule has 170 valence electrons. The Bertz CT molecular complexity index is 1280. The number of rotatable bonds is 5. The summed E-state index contributed by atoms with van der Waals surface area (Å²) in [6.07, 6.45) is 3.37. The number of piperidine rings is 1. The van der Waals surface area contributed by atoms with Crippen molar-refractivity contribution in [1.82, 2.24) is 19.1 Å². The maximum atomic E-state index is 13.7. The molecule has 1 aliphatic carbocycles. The number of sulfonamides is 1. The van der Waals surface area contributed by atoms with Crippen LogP contribution in [0.5, 0.6) is 0 Å². The van der Waals surface area contributed by atoms with Crippen LogP contribution in [0.2, 0.25) is 0 Å². The fourth-order valence-corrected chi connectivity index (χ4v) is 5.24. The van der Waals surface area contributed by atoms with Gasteiger partial charge in [0.05, 0.1) is 23.9 Å². The van der Waals surface area contributed by atoms with Gasteiger partial charge in [-0.05, 0) is 31.7 Å². The zero-order valence-corrected chi connectivity index (χ0v) is 17.6. The standard InChI is InChI=1S/C20H20F3N5O3S/c21-15-7-11(8-16(22)19(15)23)25-20-14-9-18(24-10-17(14)28(26-20)12-1-2-12)32(30,31)27-5-3-13(29)4-6-27/h7-10,12-13,29H,1-6H2,(H,25,26). The van der Waals surface area contributed by atoms with Crippen LogP contribution in [0.4, 0.5) is 24.7 Å². The van der Waals surface area contributed by atoms with Gasteiger partial charge in [0.25, 0.3) is 10.0 Å². The summed E-state index contributed by atoms with van der Waals surface area (Å²) in [6, 6.07) is 3.11. The van der Waals surface area contributed by atoms with Crippen molar-refractivity contribution in [2.45, 2.75) is 42.9 Å². The third kappa shape index (κ3) is 3.71. The lowest BCUT2D eigenvalue weighted by molar-refractivity contribution is 0.113. The highest BCUT2D eigenvalue weighted by Crippen LogP contribution is 2.39. The lowest BCUT2D eigenvalue weighted by atomic mass is 10.1. The quantitative estimate of drug-likeness (QED) is 0.560. The van der Waals surface area contributed by atoms with Gasteiger partial charge < -0.3 is 10.4 Å². The number of benzene rings is 1. The summed E-state index contributed by atoms with van der Waals surface area (Å²) < 4.78 is 69.8. The summed E-state index contributed by atoms with van der Waals surface area (Å²) in [6.45, 7) is 0.369. The molecule has 1 saturated carbocycles. The van der Waals surface area contributed by atoms with Crippen LogP contribution >= 0.6 is 0 Å². The Balaban J connectivity index is 1.56. The third-order valence-corrected chi connectivity index (χ3v) is 7.53. The van der Waals surface area contributed by atoms with Crippen LogP contribution in [0.3, 0.4) is 0 Å². The molecule has 12 heteroatoms. The second kappa shape index (κ2) is 7.71. The topological polar surface area (TPSA) is 100 Å². The van der Waals surface area contributed by atoms with Crippen LogP contribution in [0.15, 0.2) is 29.4 Å². The first kappa shape index (κ1) is 21.2. The predicted molar refractivity (Wildman–Crippen MR) is 109 cm³/mol. The first-order chi connectivity index (χ1) is 15.2. The van der Waals surface area contributed by atoms with Gasteiger partial charge in [-0.15, -0.1) is 0 Å². The van der Waals surface area contributed by atoms with Gasteiger partial charge in [-0.25, -0.2) is 26.6 Å². The van der Waals surface area contributed by atoms with Crippen molar-refractivity contribution in [3.63, 3.8) is 0 Å². The Labute approximate surface area is 181 Å². The second-order valence-electron chi connectivity index (χ2n) is 8.08. The Kier molecular flexibility index (Phi) is 5.10. The van der Waals surface area contributed by atoms with Gasteiger partial charge in [0.2, 0.25) is 0 Å². The van der Waals surface area contributed by atoms with Crippen LogP contribution in [0, 0.1) is 17.5 Å². The van der Waals surface area contributed by atoms with E-state index >= 15 is 0 Å². The van der Waals surface area contributed by atoms with Gasteiger partial charge >= 0.3 is 0 Å². The molecular formula is C20H20F3N5O3S. The molecule has 1 saturated heterocycles. The summed E-state index contributed by atoms with van der Waals surface area (Å²) in [7, 11) is -3.90. The zero-order chi connectivity index (χ0) is 22.6. The Morgan fingerprint density at radius 1 is 1.03 bits per heavy atom.